The molecule has 2 aromatic rings. The van der Waals surface area contributed by atoms with Crippen molar-refractivity contribution in [2.24, 2.45) is 0 Å². The lowest BCUT2D eigenvalue weighted by Gasteiger charge is -2.02. The van der Waals surface area contributed by atoms with Crippen LogP contribution in [0.1, 0.15) is 0 Å². The fourth-order valence-corrected chi connectivity index (χ4v) is 1.43. The molecule has 0 amide bonds. The molecule has 0 N–H and O–H groups in total. The van der Waals surface area contributed by atoms with Crippen LogP contribution in [0.25, 0.3) is 5.69 Å². The normalized spacial score (nSPS) is 10.3. The van der Waals surface area contributed by atoms with Crippen molar-refractivity contribution in [3.63, 3.8) is 0 Å². The van der Waals surface area contributed by atoms with Crippen LogP contribution in [0.15, 0.2) is 36.5 Å². The highest BCUT2D eigenvalue weighted by Crippen LogP contribution is 2.19. The minimum Gasteiger partial charge on any atom is -0.238 e. The third-order valence-electron chi connectivity index (χ3n) is 1.66. The van der Waals surface area contributed by atoms with E-state index in [-0.39, 0.29) is 0 Å². The van der Waals surface area contributed by atoms with Crippen molar-refractivity contribution in [2.75, 3.05) is 0 Å². The Morgan fingerprint density at radius 3 is 2.46 bits per heavy atom. The average molecular weight is 213 g/mol. The molecule has 0 radical (unpaired) electrons. The van der Waals surface area contributed by atoms with Gasteiger partial charge in [-0.05, 0) is 18.2 Å². The van der Waals surface area contributed by atoms with Crippen molar-refractivity contribution in [2.45, 2.75) is 0 Å². The largest absolute Gasteiger partial charge is 0.238 e. The molecule has 1 aromatic carbocycles. The van der Waals surface area contributed by atoms with Crippen LogP contribution < -0.4 is 0 Å². The third-order valence-corrected chi connectivity index (χ3v) is 2.18. The first kappa shape index (κ1) is 8.60. The summed E-state index contributed by atoms with van der Waals surface area (Å²) in [5.74, 6) is 0. The molecule has 4 heteroatoms. The summed E-state index contributed by atoms with van der Waals surface area (Å²) in [6, 6.07) is 9.18. The van der Waals surface area contributed by atoms with Crippen molar-refractivity contribution in [3.05, 3.63) is 46.7 Å². The second-order valence-corrected chi connectivity index (χ2v) is 3.33. The van der Waals surface area contributed by atoms with Gasteiger partial charge >= 0.3 is 0 Å². The van der Waals surface area contributed by atoms with Crippen molar-refractivity contribution in [1.82, 2.24) is 9.78 Å². The molecule has 1 aromatic heterocycles. The number of aromatic nitrogens is 2. The Hall–Kier alpha value is -0.990. The second kappa shape index (κ2) is 3.40. The summed E-state index contributed by atoms with van der Waals surface area (Å²) in [5, 5.41) is 5.15. The van der Waals surface area contributed by atoms with Crippen LogP contribution in [-0.2, 0) is 0 Å². The maximum atomic E-state index is 5.96. The van der Waals surface area contributed by atoms with Crippen LogP contribution in [0, 0.1) is 0 Å². The van der Waals surface area contributed by atoms with Crippen molar-refractivity contribution >= 4 is 23.2 Å². The molecule has 0 unspecified atom stereocenters. The first-order chi connectivity index (χ1) is 6.27. The molecule has 0 saturated carbocycles. The van der Waals surface area contributed by atoms with E-state index in [1.807, 2.05) is 24.3 Å². The second-order valence-electron chi connectivity index (χ2n) is 2.53. The SMILES string of the molecule is Clc1ccn(-c2ccccc2Cl)n1. The summed E-state index contributed by atoms with van der Waals surface area (Å²) in [6.07, 6.45) is 1.77. The highest BCUT2D eigenvalue weighted by Gasteiger charge is 2.02. The standard InChI is InChI=1S/C9H6Cl2N2/c10-7-3-1-2-4-8(7)13-6-5-9(11)12-13/h1-6H. The van der Waals surface area contributed by atoms with E-state index in [0.717, 1.165) is 5.69 Å². The summed E-state index contributed by atoms with van der Waals surface area (Å²) in [4.78, 5) is 0. The van der Waals surface area contributed by atoms with Gasteiger partial charge in [0.2, 0.25) is 0 Å². The first-order valence-corrected chi connectivity index (χ1v) is 4.49. The number of benzene rings is 1. The third kappa shape index (κ3) is 1.69. The molecule has 2 nitrogen and oxygen atoms in total. The molecule has 0 atom stereocenters. The number of hydrogen-bond acceptors (Lipinski definition) is 1. The monoisotopic (exact) mass is 212 g/mol. The molecule has 66 valence electrons. The smallest absolute Gasteiger partial charge is 0.151 e. The predicted octanol–water partition coefficient (Wildman–Crippen LogP) is 3.18. The van der Waals surface area contributed by atoms with E-state index in [1.54, 1.807) is 16.9 Å². The van der Waals surface area contributed by atoms with Gasteiger partial charge in [-0.2, -0.15) is 5.10 Å². The van der Waals surface area contributed by atoms with Gasteiger partial charge < -0.3 is 0 Å². The maximum absolute atomic E-state index is 5.96. The quantitative estimate of drug-likeness (QED) is 0.711. The molecule has 0 saturated heterocycles. The Morgan fingerprint density at radius 1 is 1.08 bits per heavy atom. The van der Waals surface area contributed by atoms with Gasteiger partial charge in [0.15, 0.2) is 5.15 Å². The van der Waals surface area contributed by atoms with E-state index in [9.17, 15) is 0 Å². The predicted molar refractivity (Wildman–Crippen MR) is 53.6 cm³/mol. The van der Waals surface area contributed by atoms with Gasteiger partial charge in [0, 0.05) is 6.20 Å². The highest BCUT2D eigenvalue weighted by atomic mass is 35.5. The molecule has 13 heavy (non-hydrogen) atoms. The highest BCUT2D eigenvalue weighted by molar-refractivity contribution is 6.32. The lowest BCUT2D eigenvalue weighted by Crippen LogP contribution is -1.94. The lowest BCUT2D eigenvalue weighted by molar-refractivity contribution is 0.881. The first-order valence-electron chi connectivity index (χ1n) is 3.73. The minimum atomic E-state index is 0.458. The molecule has 0 aliphatic rings. The van der Waals surface area contributed by atoms with Gasteiger partial charge in [0.05, 0.1) is 10.7 Å². The molecule has 0 aliphatic carbocycles. The van der Waals surface area contributed by atoms with E-state index in [2.05, 4.69) is 5.10 Å². The van der Waals surface area contributed by atoms with E-state index in [4.69, 9.17) is 23.2 Å². The zero-order valence-corrected chi connectivity index (χ0v) is 8.13. The number of para-hydroxylation sites is 1. The zero-order valence-electron chi connectivity index (χ0n) is 6.61. The van der Waals surface area contributed by atoms with Crippen LogP contribution >= 0.6 is 23.2 Å². The molecular weight excluding hydrogens is 207 g/mol. The van der Waals surface area contributed by atoms with E-state index < -0.39 is 0 Å². The van der Waals surface area contributed by atoms with Gasteiger partial charge in [-0.1, -0.05) is 35.3 Å². The Labute approximate surface area is 85.7 Å². The van der Waals surface area contributed by atoms with Crippen LogP contribution in [0.5, 0.6) is 0 Å². The van der Waals surface area contributed by atoms with Gasteiger partial charge in [-0.15, -0.1) is 0 Å². The summed E-state index contributed by atoms with van der Waals surface area (Å²) >= 11 is 11.7. The summed E-state index contributed by atoms with van der Waals surface area (Å²) < 4.78 is 1.64. The Morgan fingerprint density at radius 2 is 1.85 bits per heavy atom. The fraction of sp³-hybridized carbons (Fsp3) is 0. The van der Waals surface area contributed by atoms with Crippen LogP contribution in [0.4, 0.5) is 0 Å². The van der Waals surface area contributed by atoms with Crippen LogP contribution in [-0.4, -0.2) is 9.78 Å². The minimum absolute atomic E-state index is 0.458. The van der Waals surface area contributed by atoms with Gasteiger partial charge in [-0.3, -0.25) is 0 Å². The van der Waals surface area contributed by atoms with E-state index in [0.29, 0.717) is 10.2 Å². The van der Waals surface area contributed by atoms with Gasteiger partial charge in [-0.25, -0.2) is 4.68 Å². The molecule has 2 rings (SSSR count). The summed E-state index contributed by atoms with van der Waals surface area (Å²) in [7, 11) is 0. The van der Waals surface area contributed by atoms with E-state index >= 15 is 0 Å². The fourth-order valence-electron chi connectivity index (χ4n) is 1.07. The van der Waals surface area contributed by atoms with Crippen LogP contribution in [0.2, 0.25) is 10.2 Å². The Balaban J connectivity index is 2.52. The topological polar surface area (TPSA) is 17.8 Å². The Bertz CT molecular complexity index is 423. The number of nitrogens with zero attached hydrogens (tertiary/aromatic N) is 2. The summed E-state index contributed by atoms with van der Waals surface area (Å²) in [6.45, 7) is 0. The lowest BCUT2D eigenvalue weighted by atomic mass is 10.3. The van der Waals surface area contributed by atoms with Gasteiger partial charge in [0.25, 0.3) is 0 Å². The van der Waals surface area contributed by atoms with Crippen molar-refractivity contribution in [1.29, 1.82) is 0 Å². The molecule has 1 heterocycles. The Kier molecular flexibility index (Phi) is 2.25. The summed E-state index contributed by atoms with van der Waals surface area (Å²) in [5.41, 5.74) is 0.830. The molecule has 0 spiro atoms. The van der Waals surface area contributed by atoms with E-state index in [1.165, 1.54) is 0 Å². The average Bonchev–Trinajstić information content (AvgIpc) is 2.53. The number of hydrogen-bond donors (Lipinski definition) is 0. The molecule has 0 aliphatic heterocycles. The molecule has 0 bridgehead atoms. The van der Waals surface area contributed by atoms with Crippen molar-refractivity contribution < 1.29 is 0 Å². The number of halogens is 2. The number of rotatable bonds is 1. The zero-order chi connectivity index (χ0) is 9.26. The maximum Gasteiger partial charge on any atom is 0.151 e. The van der Waals surface area contributed by atoms with Crippen molar-refractivity contribution in [3.8, 4) is 5.69 Å². The molecular formula is C9H6Cl2N2. The van der Waals surface area contributed by atoms with Gasteiger partial charge in [0.1, 0.15) is 0 Å². The van der Waals surface area contributed by atoms with Crippen LogP contribution in [0.3, 0.4) is 0 Å². The molecule has 0 fully saturated rings.